The highest BCUT2D eigenvalue weighted by Crippen LogP contribution is 2.40. The Labute approximate surface area is 563 Å². The lowest BCUT2D eigenvalue weighted by molar-refractivity contribution is -0.387. The standard InChI is InChI=1S/C73H71F3N8O14/c1-8-11-14-35-94-68-39-52(83(6)7)37-48(69(68)81-79-50-23-19-47(20-24-50)71(86)96-55-27-30-58(66(44-55)92-34-10-3)73(88)98-56-41-60(74)59(45-77)61(75)42-56)16-13-12-15-36-93-67-38-51(82(4)5)25-31-63(67)80-78-49-21-17-46(18-22-49)70(85)95-54-26-29-57(65(43-54)91-33-9-2)72(87)97-53-28-32-64(84(89)90)62(76)40-53/h17-32,37-44H,8-16,33-36H2,1-7H3. The predicted octanol–water partition coefficient (Wildman–Crippen LogP) is 17.7. The van der Waals surface area contributed by atoms with E-state index in [1.807, 2.05) is 76.1 Å². The van der Waals surface area contributed by atoms with Crippen LogP contribution < -0.4 is 47.7 Å². The fraction of sp³-hybridized carbons (Fsp3) is 0.274. The Morgan fingerprint density at radius 1 is 0.469 bits per heavy atom. The molecule has 0 bridgehead atoms. The number of anilines is 2. The maximum absolute atomic E-state index is 14.3. The summed E-state index contributed by atoms with van der Waals surface area (Å²) in [5, 5.41) is 38.4. The number of halogens is 3. The number of carbonyl (C=O) groups excluding carboxylic acids is 4. The molecule has 0 aliphatic carbocycles. The summed E-state index contributed by atoms with van der Waals surface area (Å²) in [4.78, 5) is 67.2. The van der Waals surface area contributed by atoms with E-state index in [4.69, 9.17) is 48.3 Å². The van der Waals surface area contributed by atoms with Gasteiger partial charge >= 0.3 is 29.6 Å². The molecule has 0 aliphatic heterocycles. The normalized spacial score (nSPS) is 11.0. The van der Waals surface area contributed by atoms with Crippen molar-refractivity contribution in [1.29, 1.82) is 5.26 Å². The first-order chi connectivity index (χ1) is 47.2. The summed E-state index contributed by atoms with van der Waals surface area (Å²) in [6.45, 7) is 7.03. The number of nitriles is 1. The van der Waals surface area contributed by atoms with Gasteiger partial charge in [0.2, 0.25) is 5.82 Å². The van der Waals surface area contributed by atoms with Crippen molar-refractivity contribution in [2.24, 2.45) is 20.5 Å². The summed E-state index contributed by atoms with van der Waals surface area (Å²) in [5.74, 6) is -6.47. The summed E-state index contributed by atoms with van der Waals surface area (Å²) in [7, 11) is 7.74. The molecular weight excluding hydrogens is 1270 g/mol. The molecule has 25 heteroatoms. The Hall–Kier alpha value is -11.7. The third kappa shape index (κ3) is 19.9. The lowest BCUT2D eigenvalue weighted by atomic mass is 10.0. The van der Waals surface area contributed by atoms with Crippen LogP contribution in [0.2, 0.25) is 0 Å². The number of rotatable bonds is 33. The SMILES string of the molecule is CCCCCOc1cc(N(C)C)cc(CCCCCOc2cc(N(C)C)ccc2N=Nc2ccc(C(=O)Oc3ccc(C(=O)Oc4ccc([N+](=O)[O-])c(F)c4)c(OCCC)c3)cc2)c1N=Nc1ccc(C(=O)Oc2ccc(C(=O)Oc3cc(F)c(C#N)c(F)c3)c(OCCC)c2)cc1. The van der Waals surface area contributed by atoms with Gasteiger partial charge < -0.3 is 47.7 Å². The number of hydrogen-bond acceptors (Lipinski definition) is 21. The van der Waals surface area contributed by atoms with E-state index in [0.717, 1.165) is 79.4 Å². The van der Waals surface area contributed by atoms with E-state index in [1.165, 1.54) is 66.7 Å². The van der Waals surface area contributed by atoms with Crippen molar-refractivity contribution in [2.45, 2.75) is 78.6 Å². The Balaban J connectivity index is 0.890. The predicted molar refractivity (Wildman–Crippen MR) is 359 cm³/mol. The Bertz CT molecular complexity index is 4250. The molecule has 8 aromatic carbocycles. The topological polar surface area (TPSA) is 265 Å². The van der Waals surface area contributed by atoms with Gasteiger partial charge in [0.25, 0.3) is 0 Å². The molecule has 98 heavy (non-hydrogen) atoms. The van der Waals surface area contributed by atoms with E-state index >= 15 is 0 Å². The third-order valence-electron chi connectivity index (χ3n) is 14.6. The molecule has 508 valence electrons. The van der Waals surface area contributed by atoms with E-state index in [0.29, 0.717) is 73.1 Å². The second-order valence-electron chi connectivity index (χ2n) is 22.4. The fourth-order valence-electron chi connectivity index (χ4n) is 9.36. The van der Waals surface area contributed by atoms with E-state index in [9.17, 15) is 42.5 Å². The second kappa shape index (κ2) is 35.2. The lowest BCUT2D eigenvalue weighted by Crippen LogP contribution is -2.13. The third-order valence-corrected chi connectivity index (χ3v) is 14.6. The molecule has 0 amide bonds. The first-order valence-corrected chi connectivity index (χ1v) is 31.5. The van der Waals surface area contributed by atoms with Crippen molar-refractivity contribution in [1.82, 2.24) is 0 Å². The van der Waals surface area contributed by atoms with Crippen molar-refractivity contribution < 1.29 is 75.2 Å². The molecule has 0 spiro atoms. The Morgan fingerprint density at radius 2 is 0.949 bits per heavy atom. The molecule has 0 N–H and O–H groups in total. The van der Waals surface area contributed by atoms with Crippen LogP contribution in [-0.4, -0.2) is 83.4 Å². The van der Waals surface area contributed by atoms with Crippen molar-refractivity contribution in [3.05, 3.63) is 207 Å². The summed E-state index contributed by atoms with van der Waals surface area (Å²) in [5.41, 5.74) is 3.25. The van der Waals surface area contributed by atoms with E-state index in [-0.39, 0.29) is 64.2 Å². The highest BCUT2D eigenvalue weighted by atomic mass is 19.1. The van der Waals surface area contributed by atoms with Crippen LogP contribution in [0.15, 0.2) is 166 Å². The zero-order chi connectivity index (χ0) is 70.3. The minimum Gasteiger partial charge on any atom is -0.493 e. The van der Waals surface area contributed by atoms with Gasteiger partial charge in [-0.15, -0.1) is 10.2 Å². The number of azo groups is 2. The Kier molecular flexibility index (Phi) is 25.9. The van der Waals surface area contributed by atoms with Crippen molar-refractivity contribution in [3.63, 3.8) is 0 Å². The van der Waals surface area contributed by atoms with Crippen LogP contribution in [0.4, 0.5) is 53.0 Å². The Morgan fingerprint density at radius 3 is 1.47 bits per heavy atom. The van der Waals surface area contributed by atoms with Crippen LogP contribution >= 0.6 is 0 Å². The number of nitrogens with zero attached hydrogens (tertiary/aromatic N) is 8. The molecule has 0 saturated heterocycles. The highest BCUT2D eigenvalue weighted by Gasteiger charge is 2.24. The fourth-order valence-corrected chi connectivity index (χ4v) is 9.36. The van der Waals surface area contributed by atoms with E-state index < -0.39 is 63.3 Å². The largest absolute Gasteiger partial charge is 0.493 e. The molecular formula is C73H71F3N8O14. The summed E-state index contributed by atoms with van der Waals surface area (Å²) in [6.07, 6.45) is 6.84. The number of esters is 4. The highest BCUT2D eigenvalue weighted by molar-refractivity contribution is 5.96. The number of carbonyl (C=O) groups is 4. The molecule has 0 unspecified atom stereocenters. The summed E-state index contributed by atoms with van der Waals surface area (Å²) >= 11 is 0. The maximum atomic E-state index is 14.3. The smallest absolute Gasteiger partial charge is 0.347 e. The zero-order valence-electron chi connectivity index (χ0n) is 55.0. The van der Waals surface area contributed by atoms with Gasteiger partial charge in [0.05, 0.1) is 53.9 Å². The zero-order valence-corrected chi connectivity index (χ0v) is 55.0. The van der Waals surface area contributed by atoms with E-state index in [1.54, 1.807) is 24.3 Å². The monoisotopic (exact) mass is 1340 g/mol. The molecule has 0 aromatic heterocycles. The van der Waals surface area contributed by atoms with Crippen LogP contribution in [-0.2, 0) is 6.42 Å². The van der Waals surface area contributed by atoms with Crippen LogP contribution in [0, 0.1) is 38.9 Å². The van der Waals surface area contributed by atoms with Gasteiger partial charge in [-0.3, -0.25) is 10.1 Å². The van der Waals surface area contributed by atoms with Crippen molar-refractivity contribution in [2.75, 3.05) is 64.4 Å². The minimum absolute atomic E-state index is 0.00258. The van der Waals surface area contributed by atoms with Gasteiger partial charge in [-0.25, -0.2) is 28.0 Å². The average Bonchev–Trinajstić information content (AvgIpc) is 0.836. The quantitative estimate of drug-likeness (QED) is 0.00924. The van der Waals surface area contributed by atoms with Gasteiger partial charge in [0.1, 0.15) is 91.8 Å². The first-order valence-electron chi connectivity index (χ1n) is 31.5. The summed E-state index contributed by atoms with van der Waals surface area (Å²) < 4.78 is 88.9. The van der Waals surface area contributed by atoms with Gasteiger partial charge in [-0.2, -0.15) is 19.9 Å². The van der Waals surface area contributed by atoms with Crippen LogP contribution in [0.5, 0.6) is 46.0 Å². The molecule has 0 fully saturated rings. The summed E-state index contributed by atoms with van der Waals surface area (Å²) in [6, 6.07) is 35.8. The molecule has 0 saturated carbocycles. The molecule has 0 heterocycles. The maximum Gasteiger partial charge on any atom is 0.347 e. The molecule has 8 rings (SSSR count). The first kappa shape index (κ1) is 72.2. The molecule has 0 atom stereocenters. The number of unbranched alkanes of at least 4 members (excludes halogenated alkanes) is 4. The van der Waals surface area contributed by atoms with Crippen molar-refractivity contribution in [3.8, 4) is 52.1 Å². The van der Waals surface area contributed by atoms with Gasteiger partial charge in [-0.05, 0) is 148 Å². The van der Waals surface area contributed by atoms with Gasteiger partial charge in [0, 0.05) is 88.1 Å². The lowest BCUT2D eigenvalue weighted by Gasteiger charge is -2.19. The van der Waals surface area contributed by atoms with Crippen LogP contribution in [0.1, 0.15) is 125 Å². The number of aryl methyl sites for hydroxylation is 1. The van der Waals surface area contributed by atoms with Crippen LogP contribution in [0.25, 0.3) is 0 Å². The number of nitro groups is 1. The molecule has 8 aromatic rings. The van der Waals surface area contributed by atoms with Gasteiger partial charge in [-0.1, -0.05) is 33.6 Å². The second-order valence-corrected chi connectivity index (χ2v) is 22.4. The number of benzene rings is 8. The number of nitro benzene ring substituents is 1. The van der Waals surface area contributed by atoms with Crippen LogP contribution in [0.3, 0.4) is 0 Å². The number of ether oxygens (including phenoxy) is 8. The molecule has 22 nitrogen and oxygen atoms in total. The minimum atomic E-state index is -1.20. The molecule has 0 aliphatic rings. The number of hydrogen-bond donors (Lipinski definition) is 0. The van der Waals surface area contributed by atoms with Gasteiger partial charge in [0.15, 0.2) is 0 Å². The molecule has 0 radical (unpaired) electrons. The van der Waals surface area contributed by atoms with E-state index in [2.05, 4.69) is 28.3 Å². The average molecular weight is 1340 g/mol. The van der Waals surface area contributed by atoms with Crippen molar-refractivity contribution >= 4 is 63.7 Å².